The fourth-order valence-corrected chi connectivity index (χ4v) is 3.00. The average Bonchev–Trinajstić information content (AvgIpc) is 2.87. The van der Waals surface area contributed by atoms with E-state index in [0.717, 1.165) is 24.5 Å². The van der Waals surface area contributed by atoms with Crippen molar-refractivity contribution in [3.8, 4) is 5.75 Å². The molecule has 24 heavy (non-hydrogen) atoms. The Morgan fingerprint density at radius 3 is 2.58 bits per heavy atom. The van der Waals surface area contributed by atoms with Gasteiger partial charge < -0.3 is 15.3 Å². The highest BCUT2D eigenvalue weighted by molar-refractivity contribution is 6.03. The third-order valence-electron chi connectivity index (χ3n) is 4.36. The van der Waals surface area contributed by atoms with Crippen LogP contribution in [0, 0.1) is 6.92 Å². The number of anilines is 2. The molecule has 1 aromatic carbocycles. The van der Waals surface area contributed by atoms with Crippen molar-refractivity contribution >= 4 is 17.4 Å². The summed E-state index contributed by atoms with van der Waals surface area (Å²) in [5, 5.41) is 12.3. The number of amides is 1. The van der Waals surface area contributed by atoms with Crippen molar-refractivity contribution < 1.29 is 9.90 Å². The lowest BCUT2D eigenvalue weighted by Gasteiger charge is -2.21. The van der Waals surface area contributed by atoms with E-state index in [1.807, 2.05) is 19.1 Å². The highest BCUT2D eigenvalue weighted by Gasteiger charge is 2.14. The van der Waals surface area contributed by atoms with E-state index in [1.54, 1.807) is 24.3 Å². The van der Waals surface area contributed by atoms with E-state index in [4.69, 9.17) is 0 Å². The number of hydrogen-bond acceptors (Lipinski definition) is 4. The molecule has 126 valence electrons. The van der Waals surface area contributed by atoms with Gasteiger partial charge in [0.25, 0.3) is 5.91 Å². The van der Waals surface area contributed by atoms with Crippen molar-refractivity contribution in [3.05, 3.63) is 47.7 Å². The zero-order chi connectivity index (χ0) is 16.9. The van der Waals surface area contributed by atoms with Crippen LogP contribution < -0.4 is 10.2 Å². The maximum Gasteiger partial charge on any atom is 0.274 e. The predicted molar refractivity (Wildman–Crippen MR) is 95.7 cm³/mol. The third-order valence-corrected chi connectivity index (χ3v) is 4.36. The van der Waals surface area contributed by atoms with Crippen molar-refractivity contribution in [2.24, 2.45) is 0 Å². The van der Waals surface area contributed by atoms with Crippen LogP contribution in [-0.2, 0) is 0 Å². The molecule has 0 aliphatic carbocycles. The van der Waals surface area contributed by atoms with E-state index in [2.05, 4.69) is 15.2 Å². The summed E-state index contributed by atoms with van der Waals surface area (Å²) in [6.45, 7) is 3.83. The molecule has 2 N–H and O–H groups in total. The number of aryl methyl sites for hydroxylation is 1. The summed E-state index contributed by atoms with van der Waals surface area (Å²) in [6, 6.07) is 10.5. The number of carbonyl (C=O) groups excluding carboxylic acids is 1. The monoisotopic (exact) mass is 325 g/mol. The second-order valence-corrected chi connectivity index (χ2v) is 6.24. The molecular formula is C19H23N3O2. The smallest absolute Gasteiger partial charge is 0.274 e. The minimum Gasteiger partial charge on any atom is -0.508 e. The molecule has 1 fully saturated rings. The summed E-state index contributed by atoms with van der Waals surface area (Å²) < 4.78 is 0. The van der Waals surface area contributed by atoms with Gasteiger partial charge in [0.1, 0.15) is 17.3 Å². The Balaban J connectivity index is 1.76. The van der Waals surface area contributed by atoms with Gasteiger partial charge in [-0.05, 0) is 55.7 Å². The molecule has 5 nitrogen and oxygen atoms in total. The summed E-state index contributed by atoms with van der Waals surface area (Å²) in [6.07, 6.45) is 4.86. The van der Waals surface area contributed by atoms with Crippen molar-refractivity contribution in [1.29, 1.82) is 0 Å². The van der Waals surface area contributed by atoms with Crippen LogP contribution in [-0.4, -0.2) is 29.1 Å². The molecule has 0 saturated carbocycles. The number of pyridine rings is 1. The van der Waals surface area contributed by atoms with Gasteiger partial charge in [-0.25, -0.2) is 4.98 Å². The van der Waals surface area contributed by atoms with Crippen LogP contribution in [0.25, 0.3) is 0 Å². The first-order chi connectivity index (χ1) is 11.6. The number of nitrogens with one attached hydrogen (secondary N) is 1. The van der Waals surface area contributed by atoms with Gasteiger partial charge in [0.05, 0.1) is 0 Å². The second-order valence-electron chi connectivity index (χ2n) is 6.24. The Morgan fingerprint density at radius 2 is 1.88 bits per heavy atom. The summed E-state index contributed by atoms with van der Waals surface area (Å²) in [5.41, 5.74) is 1.90. The molecule has 0 atom stereocenters. The van der Waals surface area contributed by atoms with Crippen LogP contribution in [0.2, 0.25) is 0 Å². The van der Waals surface area contributed by atoms with Crippen LogP contribution in [0.5, 0.6) is 5.75 Å². The van der Waals surface area contributed by atoms with E-state index in [-0.39, 0.29) is 11.7 Å². The number of hydrogen-bond donors (Lipinski definition) is 2. The largest absolute Gasteiger partial charge is 0.508 e. The van der Waals surface area contributed by atoms with Gasteiger partial charge >= 0.3 is 0 Å². The van der Waals surface area contributed by atoms with Crippen LogP contribution >= 0.6 is 0 Å². The van der Waals surface area contributed by atoms with Gasteiger partial charge in [0, 0.05) is 18.8 Å². The van der Waals surface area contributed by atoms with Gasteiger partial charge in [0.15, 0.2) is 0 Å². The van der Waals surface area contributed by atoms with Crippen LogP contribution in [0.1, 0.15) is 41.7 Å². The molecule has 1 saturated heterocycles. The van der Waals surface area contributed by atoms with Gasteiger partial charge in [-0.3, -0.25) is 4.79 Å². The highest BCUT2D eigenvalue weighted by Crippen LogP contribution is 2.21. The fourth-order valence-electron chi connectivity index (χ4n) is 3.00. The number of phenols is 1. The SMILES string of the molecule is Cc1cc(O)ccc1NC(=O)c1cccc(N2CCCCCC2)n1. The number of aromatic nitrogens is 1. The maximum absolute atomic E-state index is 12.5. The van der Waals surface area contributed by atoms with Gasteiger partial charge in [-0.2, -0.15) is 0 Å². The normalized spacial score (nSPS) is 15.0. The molecule has 2 heterocycles. The van der Waals surface area contributed by atoms with Gasteiger partial charge in [-0.15, -0.1) is 0 Å². The third kappa shape index (κ3) is 3.85. The topological polar surface area (TPSA) is 65.5 Å². The number of aromatic hydroxyl groups is 1. The molecule has 1 amide bonds. The van der Waals surface area contributed by atoms with E-state index < -0.39 is 0 Å². The fraction of sp³-hybridized carbons (Fsp3) is 0.368. The lowest BCUT2D eigenvalue weighted by molar-refractivity contribution is 0.102. The quantitative estimate of drug-likeness (QED) is 0.844. The van der Waals surface area contributed by atoms with Crippen molar-refractivity contribution in [3.63, 3.8) is 0 Å². The molecule has 0 bridgehead atoms. The van der Waals surface area contributed by atoms with Crippen LogP contribution in [0.15, 0.2) is 36.4 Å². The first-order valence-corrected chi connectivity index (χ1v) is 8.46. The molecule has 1 aliphatic rings. The summed E-state index contributed by atoms with van der Waals surface area (Å²) in [4.78, 5) is 19.3. The Morgan fingerprint density at radius 1 is 1.12 bits per heavy atom. The average molecular weight is 325 g/mol. The Labute approximate surface area is 142 Å². The number of phenolic OH excluding ortho intramolecular Hbond substituents is 1. The standard InChI is InChI=1S/C19H23N3O2/c1-14-13-15(23)9-10-16(14)21-19(24)17-7-6-8-18(20-17)22-11-4-2-3-5-12-22/h6-10,13,23H,2-5,11-12H2,1H3,(H,21,24). The van der Waals surface area contributed by atoms with Crippen molar-refractivity contribution in [2.75, 3.05) is 23.3 Å². The number of benzene rings is 1. The zero-order valence-electron chi connectivity index (χ0n) is 14.0. The van der Waals surface area contributed by atoms with Gasteiger partial charge in [0.2, 0.25) is 0 Å². The summed E-state index contributed by atoms with van der Waals surface area (Å²) in [5.74, 6) is 0.819. The van der Waals surface area contributed by atoms with Crippen LogP contribution in [0.3, 0.4) is 0 Å². The second kappa shape index (κ2) is 7.34. The van der Waals surface area contributed by atoms with E-state index in [0.29, 0.717) is 11.4 Å². The molecule has 5 heteroatoms. The number of nitrogens with zero attached hydrogens (tertiary/aromatic N) is 2. The van der Waals surface area contributed by atoms with Crippen LogP contribution in [0.4, 0.5) is 11.5 Å². The molecule has 2 aromatic rings. The molecule has 3 rings (SSSR count). The Bertz CT molecular complexity index is 722. The van der Waals surface area contributed by atoms with E-state index in [1.165, 1.54) is 25.7 Å². The number of rotatable bonds is 3. The molecule has 0 spiro atoms. The van der Waals surface area contributed by atoms with Gasteiger partial charge in [-0.1, -0.05) is 18.9 Å². The molecular weight excluding hydrogens is 302 g/mol. The first kappa shape index (κ1) is 16.3. The highest BCUT2D eigenvalue weighted by atomic mass is 16.3. The Kier molecular flexibility index (Phi) is 4.99. The maximum atomic E-state index is 12.5. The van der Waals surface area contributed by atoms with Crippen molar-refractivity contribution in [2.45, 2.75) is 32.6 Å². The molecule has 0 radical (unpaired) electrons. The van der Waals surface area contributed by atoms with E-state index >= 15 is 0 Å². The minimum atomic E-state index is -0.236. The minimum absolute atomic E-state index is 0.187. The Hall–Kier alpha value is -2.56. The predicted octanol–water partition coefficient (Wildman–Crippen LogP) is 3.73. The van der Waals surface area contributed by atoms with E-state index in [9.17, 15) is 9.90 Å². The zero-order valence-corrected chi connectivity index (χ0v) is 14.0. The number of carbonyl (C=O) groups is 1. The summed E-state index contributed by atoms with van der Waals surface area (Å²) in [7, 11) is 0. The first-order valence-electron chi connectivity index (χ1n) is 8.46. The van der Waals surface area contributed by atoms with Crippen molar-refractivity contribution in [1.82, 2.24) is 4.98 Å². The lowest BCUT2D eigenvalue weighted by Crippen LogP contribution is -2.26. The molecule has 1 aliphatic heterocycles. The summed E-state index contributed by atoms with van der Waals surface area (Å²) >= 11 is 0. The molecule has 0 unspecified atom stereocenters. The molecule has 1 aromatic heterocycles. The lowest BCUT2D eigenvalue weighted by atomic mass is 10.2.